The Morgan fingerprint density at radius 1 is 1.02 bits per heavy atom. The SMILES string of the molecule is CC(C)(C)OC(=O)[C@@H]1C[C@]2(CN(c3ccccc3)C(=O)O2)CN1C(=O)C(NC(=O)CC1CCCCC1)C(C)(C)C. The number of anilines is 1. The highest BCUT2D eigenvalue weighted by atomic mass is 16.6. The van der Waals surface area contributed by atoms with Crippen LogP contribution in [-0.4, -0.2) is 65.2 Å². The molecular formula is C31H45N3O6. The van der Waals surface area contributed by atoms with Crippen molar-refractivity contribution in [1.82, 2.24) is 10.2 Å². The first-order valence-corrected chi connectivity index (χ1v) is 14.6. The second kappa shape index (κ2) is 11.4. The number of nitrogens with zero attached hydrogens (tertiary/aromatic N) is 2. The monoisotopic (exact) mass is 555 g/mol. The highest BCUT2D eigenvalue weighted by Gasteiger charge is 2.58. The van der Waals surface area contributed by atoms with Crippen LogP contribution in [0.2, 0.25) is 0 Å². The second-order valence-electron chi connectivity index (χ2n) is 13.8. The van der Waals surface area contributed by atoms with Crippen LogP contribution in [0.4, 0.5) is 10.5 Å². The molecule has 40 heavy (non-hydrogen) atoms. The van der Waals surface area contributed by atoms with Gasteiger partial charge in [-0.2, -0.15) is 0 Å². The number of ether oxygens (including phenoxy) is 2. The number of hydrogen-bond acceptors (Lipinski definition) is 6. The van der Waals surface area contributed by atoms with Gasteiger partial charge in [0.1, 0.15) is 17.7 Å². The summed E-state index contributed by atoms with van der Waals surface area (Å²) in [7, 11) is 0. The maximum absolute atomic E-state index is 14.2. The van der Waals surface area contributed by atoms with Gasteiger partial charge in [-0.3, -0.25) is 14.5 Å². The average Bonchev–Trinajstić information content (AvgIpc) is 3.40. The molecule has 3 atom stereocenters. The summed E-state index contributed by atoms with van der Waals surface area (Å²) in [6, 6.07) is 7.38. The molecule has 1 aromatic rings. The Bertz CT molecular complexity index is 1100. The molecule has 0 aromatic heterocycles. The molecule has 1 unspecified atom stereocenters. The van der Waals surface area contributed by atoms with E-state index in [0.717, 1.165) is 25.7 Å². The zero-order valence-corrected chi connectivity index (χ0v) is 24.8. The zero-order chi connectivity index (χ0) is 29.3. The van der Waals surface area contributed by atoms with E-state index in [1.807, 2.05) is 51.1 Å². The number of benzene rings is 1. The van der Waals surface area contributed by atoms with Crippen LogP contribution < -0.4 is 10.2 Å². The maximum Gasteiger partial charge on any atom is 0.415 e. The minimum atomic E-state index is -1.07. The number of amides is 3. The van der Waals surface area contributed by atoms with Gasteiger partial charge in [0.05, 0.1) is 13.1 Å². The number of rotatable bonds is 6. The van der Waals surface area contributed by atoms with Crippen molar-refractivity contribution in [2.75, 3.05) is 18.0 Å². The second-order valence-corrected chi connectivity index (χ2v) is 13.8. The molecule has 1 aromatic carbocycles. The van der Waals surface area contributed by atoms with Crippen molar-refractivity contribution in [3.63, 3.8) is 0 Å². The fraction of sp³-hybridized carbons (Fsp3) is 0.677. The van der Waals surface area contributed by atoms with Crippen LogP contribution in [0.5, 0.6) is 0 Å². The lowest BCUT2D eigenvalue weighted by Gasteiger charge is -2.36. The smallest absolute Gasteiger partial charge is 0.415 e. The first-order chi connectivity index (χ1) is 18.7. The van der Waals surface area contributed by atoms with Gasteiger partial charge in [0.25, 0.3) is 0 Å². The molecule has 9 nitrogen and oxygen atoms in total. The van der Waals surface area contributed by atoms with E-state index >= 15 is 0 Å². The van der Waals surface area contributed by atoms with E-state index in [4.69, 9.17) is 9.47 Å². The van der Waals surface area contributed by atoms with Gasteiger partial charge in [-0.25, -0.2) is 9.59 Å². The molecule has 3 aliphatic rings. The van der Waals surface area contributed by atoms with E-state index in [2.05, 4.69) is 5.32 Å². The van der Waals surface area contributed by atoms with E-state index < -0.39 is 40.8 Å². The normalized spacial score (nSPS) is 24.6. The van der Waals surface area contributed by atoms with Gasteiger partial charge in [0.15, 0.2) is 5.60 Å². The van der Waals surface area contributed by atoms with Crippen LogP contribution in [0.25, 0.3) is 0 Å². The predicted octanol–water partition coefficient (Wildman–Crippen LogP) is 4.83. The molecule has 0 bridgehead atoms. The third-order valence-corrected chi connectivity index (χ3v) is 8.02. The first-order valence-electron chi connectivity index (χ1n) is 14.6. The van der Waals surface area contributed by atoms with Gasteiger partial charge in [0, 0.05) is 18.5 Å². The van der Waals surface area contributed by atoms with Gasteiger partial charge in [-0.1, -0.05) is 58.2 Å². The summed E-state index contributed by atoms with van der Waals surface area (Å²) >= 11 is 0. The molecule has 0 radical (unpaired) electrons. The molecular weight excluding hydrogens is 510 g/mol. The van der Waals surface area contributed by atoms with Crippen molar-refractivity contribution in [3.8, 4) is 0 Å². The number of carbonyl (C=O) groups excluding carboxylic acids is 4. The summed E-state index contributed by atoms with van der Waals surface area (Å²) in [4.78, 5) is 56.8. The quantitative estimate of drug-likeness (QED) is 0.505. The van der Waals surface area contributed by atoms with Crippen LogP contribution in [0, 0.1) is 11.3 Å². The van der Waals surface area contributed by atoms with Gasteiger partial charge < -0.3 is 19.7 Å². The highest BCUT2D eigenvalue weighted by Crippen LogP contribution is 2.40. The maximum atomic E-state index is 14.2. The average molecular weight is 556 g/mol. The number of hydrogen-bond donors (Lipinski definition) is 1. The molecule has 1 saturated carbocycles. The number of carbonyl (C=O) groups is 4. The van der Waals surface area contributed by atoms with E-state index in [-0.39, 0.29) is 31.3 Å². The number of esters is 1. The van der Waals surface area contributed by atoms with E-state index in [9.17, 15) is 19.2 Å². The Morgan fingerprint density at radius 2 is 1.68 bits per heavy atom. The molecule has 3 fully saturated rings. The molecule has 1 spiro atoms. The fourth-order valence-corrected chi connectivity index (χ4v) is 6.07. The molecule has 4 rings (SSSR count). The number of likely N-dealkylation sites (tertiary alicyclic amines) is 1. The minimum absolute atomic E-state index is 0.0376. The topological polar surface area (TPSA) is 105 Å². The molecule has 3 amide bonds. The van der Waals surface area contributed by atoms with E-state index in [0.29, 0.717) is 18.0 Å². The lowest BCUT2D eigenvalue weighted by atomic mass is 9.84. The lowest BCUT2D eigenvalue weighted by Crippen LogP contribution is -2.57. The number of nitrogens with one attached hydrogen (secondary N) is 1. The van der Waals surface area contributed by atoms with Gasteiger partial charge >= 0.3 is 12.1 Å². The van der Waals surface area contributed by atoms with E-state index in [1.165, 1.54) is 16.2 Å². The van der Waals surface area contributed by atoms with Crippen molar-refractivity contribution < 1.29 is 28.7 Å². The lowest BCUT2D eigenvalue weighted by molar-refractivity contribution is -0.164. The molecule has 1 N–H and O–H groups in total. The van der Waals surface area contributed by atoms with Crippen LogP contribution in [0.15, 0.2) is 30.3 Å². The first kappa shape index (κ1) is 29.9. The van der Waals surface area contributed by atoms with Crippen molar-refractivity contribution >= 4 is 29.6 Å². The Kier molecular flexibility index (Phi) is 8.52. The van der Waals surface area contributed by atoms with Crippen molar-refractivity contribution in [1.29, 1.82) is 0 Å². The summed E-state index contributed by atoms with van der Waals surface area (Å²) in [6.45, 7) is 11.3. The summed E-state index contributed by atoms with van der Waals surface area (Å²) in [6.07, 6.45) is 5.52. The molecule has 2 aliphatic heterocycles. The van der Waals surface area contributed by atoms with Gasteiger partial charge in [0.2, 0.25) is 11.8 Å². The standard InChI is InChI=1S/C31H45N3O6/c1-29(2,3)25(32-24(35)17-21-13-9-7-10-14-21)26(36)34-20-31(18-23(34)27(37)39-30(4,5)6)19-33(28(38)40-31)22-15-11-8-12-16-22/h8,11-12,15-16,21,23,25H,7,9-10,13-14,17-20H2,1-6H3,(H,32,35)/t23-,25?,31-/m0/s1. The van der Waals surface area contributed by atoms with Crippen LogP contribution in [0.3, 0.4) is 0 Å². The molecule has 9 heteroatoms. The van der Waals surface area contributed by atoms with Crippen LogP contribution in [0.1, 0.15) is 86.5 Å². The molecule has 220 valence electrons. The Balaban J connectivity index is 1.58. The summed E-state index contributed by atoms with van der Waals surface area (Å²) < 4.78 is 11.6. The van der Waals surface area contributed by atoms with Crippen molar-refractivity contribution in [2.24, 2.45) is 11.3 Å². The number of para-hydroxylation sites is 1. The Hall–Kier alpha value is -3.10. The van der Waals surface area contributed by atoms with Crippen molar-refractivity contribution in [2.45, 2.75) is 110 Å². The van der Waals surface area contributed by atoms with Crippen LogP contribution >= 0.6 is 0 Å². The van der Waals surface area contributed by atoms with Gasteiger partial charge in [-0.05, 0) is 57.1 Å². The Morgan fingerprint density at radius 3 is 2.27 bits per heavy atom. The van der Waals surface area contributed by atoms with E-state index in [1.54, 1.807) is 20.8 Å². The third kappa shape index (κ3) is 6.96. The summed E-state index contributed by atoms with van der Waals surface area (Å²) in [5.41, 5.74) is -1.76. The summed E-state index contributed by atoms with van der Waals surface area (Å²) in [5.74, 6) is -0.735. The Labute approximate surface area is 237 Å². The molecule has 2 heterocycles. The third-order valence-electron chi connectivity index (χ3n) is 8.02. The highest BCUT2D eigenvalue weighted by molar-refractivity contribution is 5.94. The summed E-state index contributed by atoms with van der Waals surface area (Å²) in [5, 5.41) is 3.01. The molecule has 2 saturated heterocycles. The fourth-order valence-electron chi connectivity index (χ4n) is 6.07. The zero-order valence-electron chi connectivity index (χ0n) is 24.8. The largest absolute Gasteiger partial charge is 0.458 e. The predicted molar refractivity (Wildman–Crippen MR) is 152 cm³/mol. The van der Waals surface area contributed by atoms with Gasteiger partial charge in [-0.15, -0.1) is 0 Å². The van der Waals surface area contributed by atoms with Crippen LogP contribution in [-0.2, 0) is 23.9 Å². The minimum Gasteiger partial charge on any atom is -0.458 e. The van der Waals surface area contributed by atoms with Crippen molar-refractivity contribution in [3.05, 3.63) is 30.3 Å². The molecule has 1 aliphatic carbocycles.